The van der Waals surface area contributed by atoms with Gasteiger partial charge < -0.3 is 15.9 Å². The minimum Gasteiger partial charge on any atom is -0.382 e. The molecule has 0 aliphatic rings. The molecule has 0 atom stereocenters. The summed E-state index contributed by atoms with van der Waals surface area (Å²) < 4.78 is 14.4. The molecule has 0 saturated heterocycles. The topological polar surface area (TPSA) is 92.3 Å². The Morgan fingerprint density at radius 1 is 0.957 bits per heavy atom. The van der Waals surface area contributed by atoms with Crippen LogP contribution in [0.2, 0.25) is 0 Å². The van der Waals surface area contributed by atoms with Gasteiger partial charge in [-0.05, 0) is 23.3 Å². The Morgan fingerprint density at radius 3 is 2.39 bits per heavy atom. The maximum atomic E-state index is 14.4. The molecule has 0 fully saturated rings. The molecule has 116 valence electrons. The van der Waals surface area contributed by atoms with Gasteiger partial charge in [0, 0.05) is 11.1 Å². The molecule has 2 aromatic carbocycles. The van der Waals surface area contributed by atoms with E-state index in [1.165, 1.54) is 18.5 Å². The third-order valence-electron chi connectivity index (χ3n) is 3.47. The molecule has 0 saturated carbocycles. The Bertz CT molecular complexity index is 835. The minimum absolute atomic E-state index is 0.261. The molecule has 1 aromatic heterocycles. The maximum absolute atomic E-state index is 14.4. The first-order valence-electron chi connectivity index (χ1n) is 6.89. The van der Waals surface area contributed by atoms with Crippen molar-refractivity contribution in [2.24, 2.45) is 0 Å². The molecular weight excluding hydrogens is 297 g/mol. The van der Waals surface area contributed by atoms with E-state index in [2.05, 4.69) is 9.97 Å². The van der Waals surface area contributed by atoms with E-state index < -0.39 is 12.1 Å². The number of aromatic nitrogens is 2. The molecular formula is C17H14FN3O2. The van der Waals surface area contributed by atoms with Crippen molar-refractivity contribution in [1.29, 1.82) is 0 Å². The molecule has 0 aliphatic carbocycles. The Kier molecular flexibility index (Phi) is 4.01. The van der Waals surface area contributed by atoms with E-state index in [0.717, 1.165) is 0 Å². The second kappa shape index (κ2) is 6.12. The van der Waals surface area contributed by atoms with Crippen LogP contribution in [0.4, 0.5) is 10.2 Å². The van der Waals surface area contributed by atoms with E-state index in [-0.39, 0.29) is 5.82 Å². The van der Waals surface area contributed by atoms with E-state index in [1.807, 2.05) is 0 Å². The summed E-state index contributed by atoms with van der Waals surface area (Å²) >= 11 is 0. The third kappa shape index (κ3) is 3.03. The zero-order valence-corrected chi connectivity index (χ0v) is 12.0. The highest BCUT2D eigenvalue weighted by Crippen LogP contribution is 2.30. The number of rotatable bonds is 3. The van der Waals surface area contributed by atoms with Crippen LogP contribution in [-0.2, 0) is 0 Å². The predicted octanol–water partition coefficient (Wildman–Crippen LogP) is 2.52. The summed E-state index contributed by atoms with van der Waals surface area (Å²) in [6.07, 6.45) is 1.13. The average Bonchev–Trinajstić information content (AvgIpc) is 2.56. The number of hydrogen-bond donors (Lipinski definition) is 3. The smallest absolute Gasteiger partial charge is 0.179 e. The number of aliphatic hydroxyl groups is 2. The van der Waals surface area contributed by atoms with Crippen LogP contribution in [-0.4, -0.2) is 20.2 Å². The number of anilines is 1. The van der Waals surface area contributed by atoms with Gasteiger partial charge in [0.15, 0.2) is 6.29 Å². The average molecular weight is 311 g/mol. The number of halogens is 1. The monoisotopic (exact) mass is 311 g/mol. The highest BCUT2D eigenvalue weighted by atomic mass is 19.1. The summed E-state index contributed by atoms with van der Waals surface area (Å²) in [6, 6.07) is 11.3. The van der Waals surface area contributed by atoms with Gasteiger partial charge in [-0.2, -0.15) is 0 Å². The number of benzene rings is 2. The second-order valence-corrected chi connectivity index (χ2v) is 4.98. The van der Waals surface area contributed by atoms with E-state index in [0.29, 0.717) is 27.9 Å². The lowest BCUT2D eigenvalue weighted by molar-refractivity contribution is -0.0420. The van der Waals surface area contributed by atoms with Crippen molar-refractivity contribution >= 4 is 5.82 Å². The van der Waals surface area contributed by atoms with Gasteiger partial charge in [0.1, 0.15) is 11.6 Å². The van der Waals surface area contributed by atoms with E-state index in [9.17, 15) is 14.6 Å². The van der Waals surface area contributed by atoms with Crippen molar-refractivity contribution in [2.45, 2.75) is 6.29 Å². The van der Waals surface area contributed by atoms with Gasteiger partial charge in [0.2, 0.25) is 0 Å². The van der Waals surface area contributed by atoms with Gasteiger partial charge in [-0.1, -0.05) is 30.3 Å². The maximum Gasteiger partial charge on any atom is 0.179 e. The molecule has 1 heterocycles. The summed E-state index contributed by atoms with van der Waals surface area (Å²) in [5, 5.41) is 18.9. The molecule has 3 aromatic rings. The lowest BCUT2D eigenvalue weighted by Crippen LogP contribution is -1.98. The molecule has 0 spiro atoms. The number of aliphatic hydroxyl groups excluding tert-OH is 1. The van der Waals surface area contributed by atoms with E-state index in [4.69, 9.17) is 5.73 Å². The first kappa shape index (κ1) is 15.1. The summed E-state index contributed by atoms with van der Waals surface area (Å²) in [6.45, 7) is 0. The molecule has 0 aliphatic heterocycles. The largest absolute Gasteiger partial charge is 0.382 e. The Morgan fingerprint density at radius 2 is 1.74 bits per heavy atom. The molecule has 0 radical (unpaired) electrons. The van der Waals surface area contributed by atoms with E-state index in [1.54, 1.807) is 36.4 Å². The van der Waals surface area contributed by atoms with Crippen LogP contribution >= 0.6 is 0 Å². The van der Waals surface area contributed by atoms with Crippen LogP contribution in [0, 0.1) is 5.82 Å². The minimum atomic E-state index is -1.63. The standard InChI is InChI=1S/C17H14FN3O2/c18-14-7-10(11-3-1-2-4-12(11)17(22)23)5-6-13(14)15-8-21-16(19)9-20-15/h1-9,17,22-23H,(H2,19,21). The quantitative estimate of drug-likeness (QED) is 0.646. The lowest BCUT2D eigenvalue weighted by Gasteiger charge is -2.12. The molecule has 5 nitrogen and oxygen atoms in total. The first-order valence-corrected chi connectivity index (χ1v) is 6.89. The number of nitrogens with two attached hydrogens (primary N) is 1. The SMILES string of the molecule is Nc1cnc(-c2ccc(-c3ccccc3C(O)O)cc2F)cn1. The van der Waals surface area contributed by atoms with Gasteiger partial charge in [-0.15, -0.1) is 0 Å². The van der Waals surface area contributed by atoms with Crippen LogP contribution in [0.1, 0.15) is 11.9 Å². The van der Waals surface area contributed by atoms with Gasteiger partial charge in [0.05, 0.1) is 18.1 Å². The second-order valence-electron chi connectivity index (χ2n) is 4.98. The first-order chi connectivity index (χ1) is 11.1. The van der Waals surface area contributed by atoms with Crippen molar-refractivity contribution in [3.05, 3.63) is 66.2 Å². The molecule has 23 heavy (non-hydrogen) atoms. The van der Waals surface area contributed by atoms with Crippen LogP contribution in [0.3, 0.4) is 0 Å². The molecule has 6 heteroatoms. The predicted molar refractivity (Wildman–Crippen MR) is 84.5 cm³/mol. The molecule has 3 rings (SSSR count). The Hall–Kier alpha value is -2.83. The highest BCUT2D eigenvalue weighted by molar-refractivity contribution is 5.71. The van der Waals surface area contributed by atoms with Crippen molar-refractivity contribution in [3.8, 4) is 22.4 Å². The summed E-state index contributed by atoms with van der Waals surface area (Å²) in [7, 11) is 0. The van der Waals surface area contributed by atoms with Crippen molar-refractivity contribution < 1.29 is 14.6 Å². The van der Waals surface area contributed by atoms with Crippen LogP contribution in [0.15, 0.2) is 54.9 Å². The fraction of sp³-hybridized carbons (Fsp3) is 0.0588. The van der Waals surface area contributed by atoms with Crippen molar-refractivity contribution in [1.82, 2.24) is 9.97 Å². The van der Waals surface area contributed by atoms with Crippen molar-refractivity contribution in [2.75, 3.05) is 5.73 Å². The van der Waals surface area contributed by atoms with Gasteiger partial charge in [-0.25, -0.2) is 9.37 Å². The van der Waals surface area contributed by atoms with Gasteiger partial charge >= 0.3 is 0 Å². The normalized spacial score (nSPS) is 11.0. The molecule has 4 N–H and O–H groups in total. The summed E-state index contributed by atoms with van der Waals surface area (Å²) in [5.74, 6) is -0.222. The van der Waals surface area contributed by atoms with Crippen LogP contribution < -0.4 is 5.73 Å². The molecule has 0 amide bonds. The Labute approximate surface area is 131 Å². The Balaban J connectivity index is 2.05. The van der Waals surface area contributed by atoms with Gasteiger partial charge in [-0.3, -0.25) is 4.98 Å². The van der Waals surface area contributed by atoms with Gasteiger partial charge in [0.25, 0.3) is 0 Å². The summed E-state index contributed by atoms with van der Waals surface area (Å²) in [5.41, 5.74) is 7.55. The highest BCUT2D eigenvalue weighted by Gasteiger charge is 2.13. The zero-order chi connectivity index (χ0) is 16.4. The zero-order valence-electron chi connectivity index (χ0n) is 12.0. The lowest BCUT2D eigenvalue weighted by atomic mass is 9.97. The fourth-order valence-corrected chi connectivity index (χ4v) is 2.35. The van der Waals surface area contributed by atoms with Crippen molar-refractivity contribution in [3.63, 3.8) is 0 Å². The molecule has 0 unspecified atom stereocenters. The molecule has 0 bridgehead atoms. The fourth-order valence-electron chi connectivity index (χ4n) is 2.35. The number of hydrogen-bond acceptors (Lipinski definition) is 5. The number of nitrogens with zero attached hydrogens (tertiary/aromatic N) is 2. The summed E-state index contributed by atoms with van der Waals surface area (Å²) in [4.78, 5) is 7.95. The van der Waals surface area contributed by atoms with E-state index >= 15 is 0 Å². The third-order valence-corrected chi connectivity index (χ3v) is 3.47. The van der Waals surface area contributed by atoms with Crippen LogP contribution in [0.25, 0.3) is 22.4 Å². The van der Waals surface area contributed by atoms with Crippen LogP contribution in [0.5, 0.6) is 0 Å². The number of nitrogen functional groups attached to an aromatic ring is 1.